The summed E-state index contributed by atoms with van der Waals surface area (Å²) in [6, 6.07) is 4.87. The number of aryl methyl sites for hydroxylation is 1. The third kappa shape index (κ3) is 3.95. The Morgan fingerprint density at radius 3 is 2.52 bits per heavy atom. The molecule has 2 atom stereocenters. The second-order valence-electron chi connectivity index (χ2n) is 7.81. The zero-order valence-corrected chi connectivity index (χ0v) is 16.6. The minimum Gasteiger partial charge on any atom is -0.362 e. The maximum atomic E-state index is 13.8. The van der Waals surface area contributed by atoms with Crippen LogP contribution in [0.15, 0.2) is 24.3 Å². The zero-order chi connectivity index (χ0) is 20.8. The van der Waals surface area contributed by atoms with Crippen molar-refractivity contribution in [2.24, 2.45) is 0 Å². The molecule has 1 aliphatic carbocycles. The smallest absolute Gasteiger partial charge is 0.362 e. The molecule has 4 rings (SSSR count). The van der Waals surface area contributed by atoms with Crippen molar-refractivity contribution in [1.29, 1.82) is 0 Å². The van der Waals surface area contributed by atoms with E-state index in [0.29, 0.717) is 0 Å². The first-order valence-electron chi connectivity index (χ1n) is 9.72. The van der Waals surface area contributed by atoms with Gasteiger partial charge in [0.2, 0.25) is 0 Å². The van der Waals surface area contributed by atoms with Crippen LogP contribution in [0, 0.1) is 6.92 Å². The second-order valence-corrected chi connectivity index (χ2v) is 8.19. The zero-order valence-electron chi connectivity index (χ0n) is 15.9. The highest BCUT2D eigenvalue weighted by Crippen LogP contribution is 2.46. The highest BCUT2D eigenvalue weighted by molar-refractivity contribution is 6.36. The van der Waals surface area contributed by atoms with Crippen LogP contribution in [0.4, 0.5) is 19.0 Å². The van der Waals surface area contributed by atoms with E-state index in [9.17, 15) is 18.0 Å². The summed E-state index contributed by atoms with van der Waals surface area (Å²) in [6.45, 7) is 1.91. The number of fused-ring (bicyclic) bond motifs is 1. The minimum absolute atomic E-state index is 0.0176. The van der Waals surface area contributed by atoms with Crippen LogP contribution in [-0.2, 0) is 0 Å². The number of aromatic nitrogens is 2. The number of benzene rings is 1. The number of anilines is 1. The van der Waals surface area contributed by atoms with E-state index < -0.39 is 24.2 Å². The number of nitrogens with one attached hydrogen (secondary N) is 2. The van der Waals surface area contributed by atoms with E-state index in [1.807, 2.05) is 19.1 Å². The number of halogens is 4. The third-order valence-corrected chi connectivity index (χ3v) is 6.04. The lowest BCUT2D eigenvalue weighted by Crippen LogP contribution is -2.36. The van der Waals surface area contributed by atoms with Crippen molar-refractivity contribution < 1.29 is 18.0 Å². The predicted molar refractivity (Wildman–Crippen MR) is 104 cm³/mol. The molecule has 0 saturated heterocycles. The van der Waals surface area contributed by atoms with Gasteiger partial charge in [0.15, 0.2) is 11.7 Å². The van der Waals surface area contributed by atoms with Gasteiger partial charge >= 0.3 is 6.18 Å². The lowest BCUT2D eigenvalue weighted by atomic mass is 9.96. The summed E-state index contributed by atoms with van der Waals surface area (Å²) in [5.74, 6) is -0.499. The Kier molecular flexibility index (Phi) is 5.23. The van der Waals surface area contributed by atoms with Crippen molar-refractivity contribution in [2.45, 2.75) is 63.3 Å². The van der Waals surface area contributed by atoms with Crippen LogP contribution in [0.2, 0.25) is 5.02 Å². The average molecular weight is 427 g/mol. The summed E-state index contributed by atoms with van der Waals surface area (Å²) in [5.41, 5.74) is 1.58. The molecule has 0 bridgehead atoms. The molecule has 29 heavy (non-hydrogen) atoms. The molecule has 1 aliphatic heterocycles. The average Bonchev–Trinajstić information content (AvgIpc) is 3.29. The fraction of sp³-hybridized carbons (Fsp3) is 0.500. The van der Waals surface area contributed by atoms with Gasteiger partial charge in [-0.3, -0.25) is 4.79 Å². The summed E-state index contributed by atoms with van der Waals surface area (Å²) < 4.78 is 42.2. The van der Waals surface area contributed by atoms with Gasteiger partial charge in [-0.1, -0.05) is 54.3 Å². The van der Waals surface area contributed by atoms with E-state index in [-0.39, 0.29) is 29.0 Å². The Hall–Kier alpha value is -2.22. The molecule has 1 aromatic carbocycles. The molecule has 2 N–H and O–H groups in total. The molecule has 156 valence electrons. The first-order chi connectivity index (χ1) is 13.7. The van der Waals surface area contributed by atoms with Gasteiger partial charge in [0.25, 0.3) is 5.91 Å². The summed E-state index contributed by atoms with van der Waals surface area (Å²) in [4.78, 5) is 12.6. The van der Waals surface area contributed by atoms with Crippen molar-refractivity contribution in [3.05, 3.63) is 46.1 Å². The minimum atomic E-state index is -4.52. The molecule has 0 spiro atoms. The molecular formula is C20H22ClF3N4O. The molecule has 1 fully saturated rings. The van der Waals surface area contributed by atoms with Crippen molar-refractivity contribution in [1.82, 2.24) is 15.1 Å². The van der Waals surface area contributed by atoms with Crippen molar-refractivity contribution in [2.75, 3.05) is 5.32 Å². The van der Waals surface area contributed by atoms with Gasteiger partial charge < -0.3 is 10.6 Å². The summed E-state index contributed by atoms with van der Waals surface area (Å²) >= 11 is 6.34. The molecule has 2 aliphatic rings. The molecule has 9 heteroatoms. The Labute approximate surface area is 171 Å². The van der Waals surface area contributed by atoms with E-state index in [4.69, 9.17) is 11.6 Å². The maximum absolute atomic E-state index is 13.8. The maximum Gasteiger partial charge on any atom is 0.410 e. The number of alkyl halides is 3. The first kappa shape index (κ1) is 20.1. The van der Waals surface area contributed by atoms with Crippen LogP contribution in [0.3, 0.4) is 0 Å². The number of hydrogen-bond acceptors (Lipinski definition) is 3. The van der Waals surface area contributed by atoms with E-state index in [1.54, 1.807) is 12.1 Å². The monoisotopic (exact) mass is 426 g/mol. The van der Waals surface area contributed by atoms with Crippen LogP contribution in [-0.4, -0.2) is 27.9 Å². The van der Waals surface area contributed by atoms with Crippen LogP contribution < -0.4 is 10.6 Å². The number of rotatable bonds is 3. The lowest BCUT2D eigenvalue weighted by Gasteiger charge is -2.33. The lowest BCUT2D eigenvalue weighted by molar-refractivity contribution is -0.173. The topological polar surface area (TPSA) is 59.0 Å². The fourth-order valence-corrected chi connectivity index (χ4v) is 4.34. The molecular weight excluding hydrogens is 405 g/mol. The molecule has 1 aromatic heterocycles. The van der Waals surface area contributed by atoms with Crippen molar-refractivity contribution in [3.8, 4) is 0 Å². The summed E-state index contributed by atoms with van der Waals surface area (Å²) in [6.07, 6.45) is -0.996. The number of carbonyl (C=O) groups is 1. The largest absolute Gasteiger partial charge is 0.410 e. The normalized spacial score (nSPS) is 22.2. The Balaban J connectivity index is 1.68. The highest BCUT2D eigenvalue weighted by Gasteiger charge is 2.48. The summed E-state index contributed by atoms with van der Waals surface area (Å²) in [7, 11) is 0. The third-order valence-electron chi connectivity index (χ3n) is 5.68. The van der Waals surface area contributed by atoms with Crippen LogP contribution >= 0.6 is 11.6 Å². The fourth-order valence-electron chi connectivity index (χ4n) is 4.08. The molecule has 1 amide bonds. The van der Waals surface area contributed by atoms with Gasteiger partial charge in [-0.2, -0.15) is 18.3 Å². The Morgan fingerprint density at radius 2 is 1.90 bits per heavy atom. The van der Waals surface area contributed by atoms with E-state index >= 15 is 0 Å². The van der Waals surface area contributed by atoms with Crippen LogP contribution in [0.25, 0.3) is 0 Å². The van der Waals surface area contributed by atoms with Crippen molar-refractivity contribution in [3.63, 3.8) is 0 Å². The SMILES string of the molecule is Cc1ccc([C@@H]2C[C@H](C(F)(F)F)n3nc(C(=O)NC4CCCC4)c(Cl)c3N2)cc1. The van der Waals surface area contributed by atoms with Crippen LogP contribution in [0.1, 0.15) is 65.8 Å². The standard InChI is InChI=1S/C20H22ClF3N4O/c1-11-6-8-12(9-7-11)14-10-15(20(22,23)24)28-18(26-14)16(21)17(27-28)19(29)25-13-4-2-3-5-13/h6-9,13-15,26H,2-5,10H2,1H3,(H,25,29)/t14-,15+/m0/s1. The van der Waals surface area contributed by atoms with Gasteiger partial charge in [-0.15, -0.1) is 0 Å². The molecule has 0 unspecified atom stereocenters. The molecule has 5 nitrogen and oxygen atoms in total. The van der Waals surface area contributed by atoms with Gasteiger partial charge in [0, 0.05) is 12.5 Å². The summed E-state index contributed by atoms with van der Waals surface area (Å²) in [5, 5.41) is 9.80. The highest BCUT2D eigenvalue weighted by atomic mass is 35.5. The first-order valence-corrected chi connectivity index (χ1v) is 10.1. The number of hydrogen-bond donors (Lipinski definition) is 2. The van der Waals surface area contributed by atoms with Gasteiger partial charge in [-0.25, -0.2) is 4.68 Å². The van der Waals surface area contributed by atoms with Gasteiger partial charge in [0.05, 0.1) is 6.04 Å². The van der Waals surface area contributed by atoms with E-state index in [0.717, 1.165) is 41.5 Å². The van der Waals surface area contributed by atoms with E-state index in [2.05, 4.69) is 15.7 Å². The number of amides is 1. The molecule has 2 aromatic rings. The Bertz CT molecular complexity index is 904. The predicted octanol–water partition coefficient (Wildman–Crippen LogP) is 5.18. The molecule has 2 heterocycles. The van der Waals surface area contributed by atoms with Gasteiger partial charge in [0.1, 0.15) is 10.8 Å². The number of carbonyl (C=O) groups excluding carboxylic acids is 1. The quantitative estimate of drug-likeness (QED) is 0.711. The number of nitrogens with zero attached hydrogens (tertiary/aromatic N) is 2. The van der Waals surface area contributed by atoms with Crippen molar-refractivity contribution >= 4 is 23.3 Å². The van der Waals surface area contributed by atoms with Crippen LogP contribution in [0.5, 0.6) is 0 Å². The van der Waals surface area contributed by atoms with Gasteiger partial charge in [-0.05, 0) is 25.3 Å². The second kappa shape index (κ2) is 7.55. The molecule has 0 radical (unpaired) electrons. The molecule has 1 saturated carbocycles. The Morgan fingerprint density at radius 1 is 1.24 bits per heavy atom. The van der Waals surface area contributed by atoms with E-state index in [1.165, 1.54) is 0 Å².